The van der Waals surface area contributed by atoms with Crippen molar-refractivity contribution in [2.24, 2.45) is 5.10 Å². The van der Waals surface area contributed by atoms with Crippen molar-refractivity contribution in [3.05, 3.63) is 118 Å². The molecule has 0 saturated heterocycles. The Balaban J connectivity index is 1.42. The van der Waals surface area contributed by atoms with Crippen LogP contribution in [0.5, 0.6) is 17.2 Å². The molecule has 4 rings (SSSR count). The number of nitrogens with one attached hydrogen (secondary N) is 2. The number of rotatable bonds is 10. The van der Waals surface area contributed by atoms with Gasteiger partial charge in [0.15, 0.2) is 11.5 Å². The van der Waals surface area contributed by atoms with Crippen LogP contribution in [0, 0.1) is 0 Å². The molecule has 4 aromatic carbocycles. The number of halogens is 1. The molecule has 41 heavy (non-hydrogen) atoms. The molecule has 10 heteroatoms. The quantitative estimate of drug-likeness (QED) is 0.105. The van der Waals surface area contributed by atoms with Crippen molar-refractivity contribution in [1.29, 1.82) is 0 Å². The zero-order valence-electron chi connectivity index (χ0n) is 22.2. The van der Waals surface area contributed by atoms with E-state index in [0.29, 0.717) is 45.5 Å². The highest BCUT2D eigenvalue weighted by molar-refractivity contribution is 6.30. The first-order chi connectivity index (χ1) is 19.9. The fourth-order valence-electron chi connectivity index (χ4n) is 3.66. The molecule has 0 atom stereocenters. The largest absolute Gasteiger partial charge is 0.497 e. The Hall–Kier alpha value is -5.15. The normalized spacial score (nSPS) is 10.6. The number of methoxy groups -OCH3 is 1. The van der Waals surface area contributed by atoms with E-state index in [0.717, 1.165) is 0 Å². The van der Waals surface area contributed by atoms with E-state index >= 15 is 0 Å². The number of hydrogen-bond acceptors (Lipinski definition) is 7. The number of anilines is 1. The molecule has 2 amide bonds. The molecule has 0 saturated carbocycles. The molecule has 9 nitrogen and oxygen atoms in total. The van der Waals surface area contributed by atoms with Gasteiger partial charge in [0.2, 0.25) is 0 Å². The molecule has 0 fully saturated rings. The summed E-state index contributed by atoms with van der Waals surface area (Å²) in [6.45, 7) is 2.14. The molecule has 0 aromatic heterocycles. The van der Waals surface area contributed by atoms with Gasteiger partial charge < -0.3 is 19.5 Å². The maximum absolute atomic E-state index is 12.9. The van der Waals surface area contributed by atoms with Gasteiger partial charge in [0.1, 0.15) is 5.75 Å². The Morgan fingerprint density at radius 3 is 2.27 bits per heavy atom. The standard InChI is InChI=1S/C31H26ClN3O6/c1-3-40-28-18-20(8-17-27(28)41-31(38)22-11-15-24(39-2)16-12-22)19-33-35-30(37)25-6-4-5-7-26(25)34-29(36)21-9-13-23(32)14-10-21/h4-19H,3H2,1-2H3,(H,34,36)(H,35,37)/b33-19-. The van der Waals surface area contributed by atoms with E-state index in [1.165, 1.54) is 6.21 Å². The zero-order valence-corrected chi connectivity index (χ0v) is 23.0. The number of para-hydroxylation sites is 1. The number of carbonyl (C=O) groups excluding carboxylic acids is 3. The molecular weight excluding hydrogens is 546 g/mol. The highest BCUT2D eigenvalue weighted by Gasteiger charge is 2.15. The van der Waals surface area contributed by atoms with Crippen molar-refractivity contribution in [3.8, 4) is 17.2 Å². The van der Waals surface area contributed by atoms with Gasteiger partial charge in [0.25, 0.3) is 11.8 Å². The SMILES string of the molecule is CCOc1cc(/C=N\NC(=O)c2ccccc2NC(=O)c2ccc(Cl)cc2)ccc1OC(=O)c1ccc(OC)cc1. The van der Waals surface area contributed by atoms with E-state index in [1.54, 1.807) is 105 Å². The summed E-state index contributed by atoms with van der Waals surface area (Å²) in [5.74, 6) is -0.272. The Morgan fingerprint density at radius 1 is 0.854 bits per heavy atom. The van der Waals surface area contributed by atoms with Crippen molar-refractivity contribution in [2.75, 3.05) is 19.0 Å². The van der Waals surface area contributed by atoms with E-state index in [1.807, 2.05) is 0 Å². The minimum atomic E-state index is -0.552. The molecule has 2 N–H and O–H groups in total. The lowest BCUT2D eigenvalue weighted by molar-refractivity contribution is 0.0728. The van der Waals surface area contributed by atoms with Crippen LogP contribution in [0.3, 0.4) is 0 Å². The molecule has 0 bridgehead atoms. The van der Waals surface area contributed by atoms with Gasteiger partial charge in [-0.15, -0.1) is 0 Å². The summed E-state index contributed by atoms with van der Waals surface area (Å²) >= 11 is 5.89. The van der Waals surface area contributed by atoms with E-state index in [2.05, 4.69) is 15.8 Å². The first-order valence-electron chi connectivity index (χ1n) is 12.5. The summed E-state index contributed by atoms with van der Waals surface area (Å²) in [7, 11) is 1.54. The van der Waals surface area contributed by atoms with Gasteiger partial charge in [0.05, 0.1) is 36.7 Å². The predicted octanol–water partition coefficient (Wildman–Crippen LogP) is 5.98. The van der Waals surface area contributed by atoms with Crippen molar-refractivity contribution in [3.63, 3.8) is 0 Å². The Morgan fingerprint density at radius 2 is 1.56 bits per heavy atom. The topological polar surface area (TPSA) is 115 Å². The fraction of sp³-hybridized carbons (Fsp3) is 0.0968. The van der Waals surface area contributed by atoms with Crippen molar-refractivity contribution in [1.82, 2.24) is 5.43 Å². The molecule has 0 aliphatic heterocycles. The number of hydrogen-bond donors (Lipinski definition) is 2. The van der Waals surface area contributed by atoms with Gasteiger partial charge in [-0.3, -0.25) is 9.59 Å². The minimum absolute atomic E-state index is 0.225. The van der Waals surface area contributed by atoms with Crippen LogP contribution >= 0.6 is 11.6 Å². The summed E-state index contributed by atoms with van der Waals surface area (Å²) in [6.07, 6.45) is 1.42. The summed E-state index contributed by atoms with van der Waals surface area (Å²) in [4.78, 5) is 38.1. The molecular formula is C31H26ClN3O6. The number of benzene rings is 4. The number of amides is 2. The lowest BCUT2D eigenvalue weighted by Gasteiger charge is -2.12. The molecule has 0 spiro atoms. The lowest BCUT2D eigenvalue weighted by atomic mass is 10.1. The second kappa shape index (κ2) is 13.8. The summed E-state index contributed by atoms with van der Waals surface area (Å²) in [5.41, 5.74) is 4.34. The predicted molar refractivity (Wildman–Crippen MR) is 156 cm³/mol. The molecule has 0 aliphatic carbocycles. The van der Waals surface area contributed by atoms with Crippen molar-refractivity contribution < 1.29 is 28.6 Å². The minimum Gasteiger partial charge on any atom is -0.497 e. The summed E-state index contributed by atoms with van der Waals surface area (Å²) in [5, 5.41) is 7.28. The zero-order chi connectivity index (χ0) is 29.2. The van der Waals surface area contributed by atoms with Gasteiger partial charge in [-0.1, -0.05) is 23.7 Å². The molecule has 4 aromatic rings. The van der Waals surface area contributed by atoms with Gasteiger partial charge in [-0.05, 0) is 91.3 Å². The third-order valence-corrected chi connectivity index (χ3v) is 5.95. The average molecular weight is 572 g/mol. The number of ether oxygens (including phenoxy) is 3. The number of hydrazone groups is 1. The number of esters is 1. The van der Waals surface area contributed by atoms with Gasteiger partial charge >= 0.3 is 5.97 Å². The van der Waals surface area contributed by atoms with Crippen LogP contribution in [-0.4, -0.2) is 37.7 Å². The first kappa shape index (κ1) is 28.8. The van der Waals surface area contributed by atoms with Crippen LogP contribution in [0.1, 0.15) is 43.6 Å². The number of carbonyl (C=O) groups is 3. The van der Waals surface area contributed by atoms with E-state index in [4.69, 9.17) is 25.8 Å². The van der Waals surface area contributed by atoms with E-state index < -0.39 is 11.9 Å². The van der Waals surface area contributed by atoms with E-state index in [-0.39, 0.29) is 17.2 Å². The van der Waals surface area contributed by atoms with E-state index in [9.17, 15) is 14.4 Å². The van der Waals surface area contributed by atoms with Gasteiger partial charge in [0, 0.05) is 10.6 Å². The summed E-state index contributed by atoms with van der Waals surface area (Å²) < 4.78 is 16.3. The Bertz CT molecular complexity index is 1570. The second-order valence-electron chi connectivity index (χ2n) is 8.46. The maximum Gasteiger partial charge on any atom is 0.343 e. The smallest absolute Gasteiger partial charge is 0.343 e. The van der Waals surface area contributed by atoms with Crippen LogP contribution in [0.2, 0.25) is 5.02 Å². The highest BCUT2D eigenvalue weighted by Crippen LogP contribution is 2.29. The molecule has 0 aliphatic rings. The third-order valence-electron chi connectivity index (χ3n) is 5.70. The molecule has 208 valence electrons. The third kappa shape index (κ3) is 7.71. The molecule has 0 radical (unpaired) electrons. The fourth-order valence-corrected chi connectivity index (χ4v) is 3.78. The monoisotopic (exact) mass is 571 g/mol. The average Bonchev–Trinajstić information content (AvgIpc) is 2.99. The van der Waals surface area contributed by atoms with Crippen LogP contribution in [-0.2, 0) is 0 Å². The van der Waals surface area contributed by atoms with Crippen molar-refractivity contribution in [2.45, 2.75) is 6.92 Å². The van der Waals surface area contributed by atoms with Gasteiger partial charge in [-0.25, -0.2) is 10.2 Å². The lowest BCUT2D eigenvalue weighted by Crippen LogP contribution is -2.21. The van der Waals surface area contributed by atoms with Crippen molar-refractivity contribution >= 4 is 41.3 Å². The second-order valence-corrected chi connectivity index (χ2v) is 8.90. The molecule has 0 unspecified atom stereocenters. The van der Waals surface area contributed by atoms with Crippen LogP contribution in [0.15, 0.2) is 96.1 Å². The maximum atomic E-state index is 12.9. The van der Waals surface area contributed by atoms with Crippen LogP contribution < -0.4 is 25.0 Å². The first-order valence-corrected chi connectivity index (χ1v) is 12.9. The number of nitrogens with zero attached hydrogens (tertiary/aromatic N) is 1. The Labute approximate surface area is 241 Å². The van der Waals surface area contributed by atoms with Gasteiger partial charge in [-0.2, -0.15) is 5.10 Å². The molecule has 0 heterocycles. The van der Waals surface area contributed by atoms with Crippen LogP contribution in [0.25, 0.3) is 0 Å². The van der Waals surface area contributed by atoms with Crippen LogP contribution in [0.4, 0.5) is 5.69 Å². The Kier molecular flexibility index (Phi) is 9.69. The highest BCUT2D eigenvalue weighted by atomic mass is 35.5. The summed E-state index contributed by atoms with van der Waals surface area (Å²) in [6, 6.07) is 24.4.